The van der Waals surface area contributed by atoms with E-state index in [1.54, 1.807) is 17.8 Å². The van der Waals surface area contributed by atoms with Crippen LogP contribution in [0.25, 0.3) is 0 Å². The number of hydrogen-bond acceptors (Lipinski definition) is 3. The van der Waals surface area contributed by atoms with Gasteiger partial charge in [0.2, 0.25) is 0 Å². The van der Waals surface area contributed by atoms with Crippen LogP contribution in [0, 0.1) is 0 Å². The first-order valence-electron chi connectivity index (χ1n) is 5.00. The number of carboxylic acid groups (broad SMARTS) is 1. The first kappa shape index (κ1) is 12.0. The number of nitrogens with zero attached hydrogens (tertiary/aromatic N) is 1. The maximum Gasteiger partial charge on any atom is 0.354 e. The van der Waals surface area contributed by atoms with Gasteiger partial charge in [0.05, 0.1) is 0 Å². The Hall–Kier alpha value is -1.03. The molecule has 1 N–H and O–H groups in total. The maximum atomic E-state index is 10.8. The van der Waals surface area contributed by atoms with Gasteiger partial charge >= 0.3 is 5.97 Å². The van der Waals surface area contributed by atoms with Crippen molar-refractivity contribution in [3.8, 4) is 0 Å². The molecule has 0 fully saturated rings. The minimum absolute atomic E-state index is 0.182. The molecule has 0 bridgehead atoms. The van der Waals surface area contributed by atoms with Crippen molar-refractivity contribution in [3.63, 3.8) is 0 Å². The summed E-state index contributed by atoms with van der Waals surface area (Å²) in [6, 6.07) is 3.61. The summed E-state index contributed by atoms with van der Waals surface area (Å²) in [4.78, 5) is 14.7. The fraction of sp³-hybridized carbons (Fsp3) is 0.455. The summed E-state index contributed by atoms with van der Waals surface area (Å²) in [5.74, 6) is 0.863. The molecular weight excluding hydrogens is 210 g/mol. The molecule has 0 unspecified atom stereocenters. The quantitative estimate of drug-likeness (QED) is 0.756. The number of pyridine rings is 1. The van der Waals surface area contributed by atoms with Gasteiger partial charge in [0, 0.05) is 11.9 Å². The molecule has 0 aliphatic carbocycles. The summed E-state index contributed by atoms with van der Waals surface area (Å²) in [7, 11) is 0. The smallest absolute Gasteiger partial charge is 0.354 e. The molecule has 0 aromatic carbocycles. The van der Waals surface area contributed by atoms with Crippen LogP contribution in [0.5, 0.6) is 0 Å². The van der Waals surface area contributed by atoms with E-state index in [0.29, 0.717) is 0 Å². The first-order valence-corrected chi connectivity index (χ1v) is 6.16. The van der Waals surface area contributed by atoms with E-state index in [-0.39, 0.29) is 5.69 Å². The van der Waals surface area contributed by atoms with Crippen molar-refractivity contribution in [2.75, 3.05) is 5.75 Å². The van der Waals surface area contributed by atoms with Crippen molar-refractivity contribution < 1.29 is 9.90 Å². The number of unbranched alkanes of at least 4 members (excludes halogenated alkanes) is 1. The van der Waals surface area contributed by atoms with Gasteiger partial charge in [0.25, 0.3) is 0 Å². The summed E-state index contributed by atoms with van der Waals surface area (Å²) in [5, 5.41) is 8.90. The van der Waals surface area contributed by atoms with Crippen LogP contribution >= 0.6 is 11.8 Å². The van der Waals surface area contributed by atoms with Crippen LogP contribution in [0.4, 0.5) is 0 Å². The highest BCUT2D eigenvalue weighted by atomic mass is 32.2. The Kier molecular flexibility index (Phi) is 5.18. The average molecular weight is 225 g/mol. The lowest BCUT2D eigenvalue weighted by atomic mass is 10.2. The predicted octanol–water partition coefficient (Wildman–Crippen LogP) is 2.81. The molecule has 0 aliphatic heterocycles. The Labute approximate surface area is 93.9 Å². The number of carbonyl (C=O) groups is 1. The molecule has 0 amide bonds. The molecule has 4 heteroatoms. The third-order valence-electron chi connectivity index (χ3n) is 1.99. The van der Waals surface area contributed by atoms with Gasteiger partial charge < -0.3 is 5.11 Å². The van der Waals surface area contributed by atoms with E-state index in [1.165, 1.54) is 19.0 Å². The van der Waals surface area contributed by atoms with Gasteiger partial charge in [0.15, 0.2) is 5.69 Å². The normalized spacial score (nSPS) is 10.2. The molecule has 3 nitrogen and oxygen atoms in total. The molecule has 0 saturated heterocycles. The Balaban J connectivity index is 2.56. The number of aromatic nitrogens is 1. The predicted molar refractivity (Wildman–Crippen MR) is 62.3 cm³/mol. The standard InChI is InChI=1S/C11H15NO2S/c1-2-3-7-15-8-9-5-4-6-12-10(9)11(13)14/h4-6H,2-3,7-8H2,1H3,(H,13,14). The van der Waals surface area contributed by atoms with Crippen LogP contribution in [0.2, 0.25) is 0 Å². The molecule has 1 rings (SSSR count). The molecule has 0 saturated carbocycles. The minimum atomic E-state index is -0.943. The lowest BCUT2D eigenvalue weighted by molar-refractivity contribution is 0.0689. The fourth-order valence-electron chi connectivity index (χ4n) is 1.18. The second-order valence-corrected chi connectivity index (χ2v) is 4.33. The summed E-state index contributed by atoms with van der Waals surface area (Å²) in [6.45, 7) is 2.15. The van der Waals surface area contributed by atoms with E-state index in [4.69, 9.17) is 5.11 Å². The summed E-state index contributed by atoms with van der Waals surface area (Å²) >= 11 is 1.76. The third kappa shape index (κ3) is 3.91. The van der Waals surface area contributed by atoms with Gasteiger partial charge in [-0.05, 0) is 23.8 Å². The maximum absolute atomic E-state index is 10.8. The number of aromatic carboxylic acids is 1. The van der Waals surface area contributed by atoms with Gasteiger partial charge in [0.1, 0.15) is 0 Å². The zero-order valence-electron chi connectivity index (χ0n) is 8.77. The molecule has 0 aliphatic rings. The Morgan fingerprint density at radius 1 is 1.60 bits per heavy atom. The largest absolute Gasteiger partial charge is 0.477 e. The Bertz CT molecular complexity index is 328. The van der Waals surface area contributed by atoms with E-state index >= 15 is 0 Å². The SMILES string of the molecule is CCCCSCc1cccnc1C(=O)O. The molecule has 82 valence electrons. The highest BCUT2D eigenvalue weighted by Gasteiger charge is 2.09. The van der Waals surface area contributed by atoms with Crippen molar-refractivity contribution in [2.45, 2.75) is 25.5 Å². The lowest BCUT2D eigenvalue weighted by Crippen LogP contribution is -2.04. The van der Waals surface area contributed by atoms with Crippen molar-refractivity contribution in [1.29, 1.82) is 0 Å². The monoisotopic (exact) mass is 225 g/mol. The van der Waals surface area contributed by atoms with Gasteiger partial charge in [-0.2, -0.15) is 11.8 Å². The first-order chi connectivity index (χ1) is 7.25. The van der Waals surface area contributed by atoms with Crippen LogP contribution < -0.4 is 0 Å². The molecule has 0 spiro atoms. The molecule has 1 heterocycles. The van der Waals surface area contributed by atoms with E-state index in [1.807, 2.05) is 6.07 Å². The summed E-state index contributed by atoms with van der Waals surface area (Å²) in [5.41, 5.74) is 0.993. The van der Waals surface area contributed by atoms with Crippen molar-refractivity contribution in [3.05, 3.63) is 29.6 Å². The van der Waals surface area contributed by atoms with E-state index in [9.17, 15) is 4.79 Å². The molecule has 1 aromatic heterocycles. The number of hydrogen-bond donors (Lipinski definition) is 1. The van der Waals surface area contributed by atoms with Gasteiger partial charge in [-0.3, -0.25) is 0 Å². The highest BCUT2D eigenvalue weighted by molar-refractivity contribution is 7.98. The fourth-order valence-corrected chi connectivity index (χ4v) is 2.27. The van der Waals surface area contributed by atoms with E-state index in [0.717, 1.165) is 17.1 Å². The minimum Gasteiger partial charge on any atom is -0.477 e. The summed E-state index contributed by atoms with van der Waals surface area (Å²) < 4.78 is 0. The van der Waals surface area contributed by atoms with Crippen molar-refractivity contribution in [2.24, 2.45) is 0 Å². The van der Waals surface area contributed by atoms with Crippen molar-refractivity contribution >= 4 is 17.7 Å². The van der Waals surface area contributed by atoms with Crippen LogP contribution in [0.3, 0.4) is 0 Å². The third-order valence-corrected chi connectivity index (χ3v) is 3.09. The second-order valence-electron chi connectivity index (χ2n) is 3.22. The topological polar surface area (TPSA) is 50.2 Å². The number of rotatable bonds is 6. The molecule has 0 radical (unpaired) electrons. The summed E-state index contributed by atoms with van der Waals surface area (Å²) in [6.07, 6.45) is 3.86. The van der Waals surface area contributed by atoms with Crippen LogP contribution in [0.15, 0.2) is 18.3 Å². The van der Waals surface area contributed by atoms with E-state index < -0.39 is 5.97 Å². The molecule has 15 heavy (non-hydrogen) atoms. The lowest BCUT2D eigenvalue weighted by Gasteiger charge is -2.03. The second kappa shape index (κ2) is 6.45. The Morgan fingerprint density at radius 2 is 2.40 bits per heavy atom. The number of carboxylic acids is 1. The average Bonchev–Trinajstić information content (AvgIpc) is 2.25. The van der Waals surface area contributed by atoms with Gasteiger partial charge in [-0.15, -0.1) is 0 Å². The molecule has 0 atom stereocenters. The Morgan fingerprint density at radius 3 is 3.07 bits per heavy atom. The van der Waals surface area contributed by atoms with Crippen LogP contribution in [-0.4, -0.2) is 21.8 Å². The molecule has 1 aromatic rings. The number of thioether (sulfide) groups is 1. The van der Waals surface area contributed by atoms with Gasteiger partial charge in [-0.25, -0.2) is 9.78 Å². The zero-order valence-corrected chi connectivity index (χ0v) is 9.59. The van der Waals surface area contributed by atoms with Gasteiger partial charge in [-0.1, -0.05) is 19.4 Å². The van der Waals surface area contributed by atoms with Crippen molar-refractivity contribution in [1.82, 2.24) is 4.98 Å². The zero-order chi connectivity index (χ0) is 11.1. The van der Waals surface area contributed by atoms with Crippen LogP contribution in [-0.2, 0) is 5.75 Å². The van der Waals surface area contributed by atoms with Crippen LogP contribution in [0.1, 0.15) is 35.8 Å². The molecular formula is C11H15NO2S. The highest BCUT2D eigenvalue weighted by Crippen LogP contribution is 2.16. The van der Waals surface area contributed by atoms with E-state index in [2.05, 4.69) is 11.9 Å².